The summed E-state index contributed by atoms with van der Waals surface area (Å²) in [5.74, 6) is 0.0209. The van der Waals surface area contributed by atoms with Gasteiger partial charge in [0.25, 0.3) is 0 Å². The van der Waals surface area contributed by atoms with Crippen molar-refractivity contribution in [1.29, 1.82) is 0 Å². The maximum atomic E-state index is 12.1. The Bertz CT molecular complexity index is 542. The van der Waals surface area contributed by atoms with Gasteiger partial charge in [-0.15, -0.1) is 0 Å². The zero-order valence-corrected chi connectivity index (χ0v) is 11.8. The number of benzene rings is 1. The number of carbonyl (C=O) groups excluding carboxylic acids is 1. The van der Waals surface area contributed by atoms with Crippen molar-refractivity contribution >= 4 is 5.91 Å². The number of aromatic nitrogens is 1. The minimum absolute atomic E-state index is 0.0209. The summed E-state index contributed by atoms with van der Waals surface area (Å²) in [5.41, 5.74) is 2.11. The molecule has 1 atom stereocenters. The van der Waals surface area contributed by atoms with E-state index in [-0.39, 0.29) is 11.9 Å². The minimum atomic E-state index is -0.136. The molecule has 0 unspecified atom stereocenters. The highest BCUT2D eigenvalue weighted by Crippen LogP contribution is 2.21. The minimum Gasteiger partial charge on any atom is -0.344 e. The monoisotopic (exact) mass is 281 g/mol. The van der Waals surface area contributed by atoms with E-state index >= 15 is 0 Å². The average molecular weight is 281 g/mol. The Morgan fingerprint density at radius 3 is 2.43 bits per heavy atom. The molecular weight excluding hydrogens is 262 g/mol. The van der Waals surface area contributed by atoms with E-state index < -0.39 is 0 Å². The van der Waals surface area contributed by atoms with Crippen LogP contribution in [0.2, 0.25) is 0 Å². The van der Waals surface area contributed by atoms with Gasteiger partial charge in [0.2, 0.25) is 5.91 Å². The van der Waals surface area contributed by atoms with E-state index in [9.17, 15) is 4.79 Å². The van der Waals surface area contributed by atoms with Crippen LogP contribution < -0.4 is 10.6 Å². The van der Waals surface area contributed by atoms with Crippen LogP contribution in [0.5, 0.6) is 0 Å². The first kappa shape index (κ1) is 13.8. The predicted molar refractivity (Wildman–Crippen MR) is 81.7 cm³/mol. The molecule has 0 bridgehead atoms. The molecule has 1 fully saturated rings. The van der Waals surface area contributed by atoms with Gasteiger partial charge >= 0.3 is 0 Å². The van der Waals surface area contributed by atoms with E-state index in [4.69, 9.17) is 0 Å². The van der Waals surface area contributed by atoms with Gasteiger partial charge in [-0.3, -0.25) is 9.78 Å². The van der Waals surface area contributed by atoms with Gasteiger partial charge in [0.1, 0.15) is 0 Å². The zero-order valence-electron chi connectivity index (χ0n) is 11.8. The van der Waals surface area contributed by atoms with Crippen molar-refractivity contribution in [2.75, 3.05) is 6.54 Å². The summed E-state index contributed by atoms with van der Waals surface area (Å²) in [6.07, 6.45) is 5.86. The number of nitrogens with one attached hydrogen (secondary N) is 2. The molecule has 2 aromatic rings. The lowest BCUT2D eigenvalue weighted by Gasteiger charge is -2.20. The topological polar surface area (TPSA) is 54.0 Å². The van der Waals surface area contributed by atoms with Gasteiger partial charge in [-0.2, -0.15) is 0 Å². The highest BCUT2D eigenvalue weighted by Gasteiger charge is 2.22. The number of carbonyl (C=O) groups is 1. The van der Waals surface area contributed by atoms with Gasteiger partial charge in [0, 0.05) is 18.4 Å². The van der Waals surface area contributed by atoms with Crippen molar-refractivity contribution in [3.05, 3.63) is 66.0 Å². The Morgan fingerprint density at radius 1 is 1.10 bits per heavy atom. The first-order valence-electron chi connectivity index (χ1n) is 7.30. The predicted octanol–water partition coefficient (Wildman–Crippen LogP) is 2.04. The van der Waals surface area contributed by atoms with Crippen molar-refractivity contribution in [3.8, 4) is 0 Å². The van der Waals surface area contributed by atoms with Crippen LogP contribution in [0.15, 0.2) is 54.9 Å². The third-order valence-corrected chi connectivity index (χ3v) is 3.61. The Morgan fingerprint density at radius 2 is 1.76 bits per heavy atom. The quantitative estimate of drug-likeness (QED) is 0.852. The summed E-state index contributed by atoms with van der Waals surface area (Å²) in [6.45, 7) is 0.374. The Labute approximate surface area is 124 Å². The van der Waals surface area contributed by atoms with E-state index in [2.05, 4.69) is 15.6 Å². The molecule has 2 N–H and O–H groups in total. The summed E-state index contributed by atoms with van der Waals surface area (Å²) in [5, 5.41) is 6.34. The van der Waals surface area contributed by atoms with E-state index in [0.29, 0.717) is 12.6 Å². The molecular formula is C17H19N3O. The molecule has 4 nitrogen and oxygen atoms in total. The van der Waals surface area contributed by atoms with E-state index in [1.54, 1.807) is 12.4 Å². The summed E-state index contributed by atoms with van der Waals surface area (Å²) in [4.78, 5) is 16.2. The van der Waals surface area contributed by atoms with Gasteiger partial charge in [-0.1, -0.05) is 30.3 Å². The smallest absolute Gasteiger partial charge is 0.234 e. The van der Waals surface area contributed by atoms with Crippen LogP contribution >= 0.6 is 0 Å². The molecule has 0 aliphatic heterocycles. The number of rotatable bonds is 6. The van der Waals surface area contributed by atoms with Crippen LogP contribution in [-0.4, -0.2) is 23.5 Å². The molecule has 0 spiro atoms. The van der Waals surface area contributed by atoms with Crippen LogP contribution in [0.1, 0.15) is 30.0 Å². The van der Waals surface area contributed by atoms with E-state index in [1.807, 2.05) is 42.5 Å². The van der Waals surface area contributed by atoms with Gasteiger partial charge in [-0.05, 0) is 36.1 Å². The molecule has 0 radical (unpaired) electrons. The molecule has 21 heavy (non-hydrogen) atoms. The Kier molecular flexibility index (Phi) is 4.26. The molecule has 1 saturated carbocycles. The summed E-state index contributed by atoms with van der Waals surface area (Å²) in [7, 11) is 0. The zero-order chi connectivity index (χ0) is 14.5. The van der Waals surface area contributed by atoms with Gasteiger partial charge in [0.15, 0.2) is 0 Å². The third kappa shape index (κ3) is 3.89. The van der Waals surface area contributed by atoms with Crippen LogP contribution in [0, 0.1) is 0 Å². The van der Waals surface area contributed by atoms with Crippen molar-refractivity contribution in [3.63, 3.8) is 0 Å². The molecule has 108 valence electrons. The fourth-order valence-electron chi connectivity index (χ4n) is 2.30. The fourth-order valence-corrected chi connectivity index (χ4v) is 2.30. The number of nitrogens with zero attached hydrogens (tertiary/aromatic N) is 1. The summed E-state index contributed by atoms with van der Waals surface area (Å²) < 4.78 is 0. The standard InChI is InChI=1S/C17H19N3O/c21-16(12-19-15-6-7-15)20-17(13-4-2-1-3-5-13)14-8-10-18-11-9-14/h1-5,8-11,15,17,19H,6-7,12H2,(H,20,21)/t17-/m0/s1. The fraction of sp³-hybridized carbons (Fsp3) is 0.294. The number of hydrogen-bond acceptors (Lipinski definition) is 3. The molecule has 1 aromatic heterocycles. The summed E-state index contributed by atoms with van der Waals surface area (Å²) in [6, 6.07) is 14.3. The van der Waals surface area contributed by atoms with Crippen LogP contribution in [0.3, 0.4) is 0 Å². The normalized spacial score (nSPS) is 15.4. The highest BCUT2D eigenvalue weighted by molar-refractivity contribution is 5.79. The van der Waals surface area contributed by atoms with Crippen molar-refractivity contribution < 1.29 is 4.79 Å². The SMILES string of the molecule is O=C(CNC1CC1)N[C@@H](c1ccccc1)c1ccncc1. The molecule has 1 aliphatic carbocycles. The van der Waals surface area contributed by atoms with Crippen molar-refractivity contribution in [2.24, 2.45) is 0 Å². The first-order valence-corrected chi connectivity index (χ1v) is 7.30. The van der Waals surface area contributed by atoms with E-state index in [1.165, 1.54) is 12.8 Å². The second kappa shape index (κ2) is 6.50. The number of amides is 1. The van der Waals surface area contributed by atoms with Gasteiger partial charge in [-0.25, -0.2) is 0 Å². The molecule has 1 amide bonds. The van der Waals surface area contributed by atoms with Crippen molar-refractivity contribution in [2.45, 2.75) is 24.9 Å². The van der Waals surface area contributed by atoms with Crippen LogP contribution in [0.4, 0.5) is 0 Å². The lowest BCUT2D eigenvalue weighted by Crippen LogP contribution is -2.37. The first-order chi connectivity index (χ1) is 10.3. The Balaban J connectivity index is 1.74. The summed E-state index contributed by atoms with van der Waals surface area (Å²) >= 11 is 0. The molecule has 1 heterocycles. The van der Waals surface area contributed by atoms with Crippen LogP contribution in [-0.2, 0) is 4.79 Å². The number of pyridine rings is 1. The molecule has 0 saturated heterocycles. The maximum absolute atomic E-state index is 12.1. The molecule has 1 aromatic carbocycles. The lowest BCUT2D eigenvalue weighted by molar-refractivity contribution is -0.120. The molecule has 1 aliphatic rings. The Hall–Kier alpha value is -2.20. The second-order valence-corrected chi connectivity index (χ2v) is 5.35. The highest BCUT2D eigenvalue weighted by atomic mass is 16.2. The van der Waals surface area contributed by atoms with Gasteiger partial charge < -0.3 is 10.6 Å². The largest absolute Gasteiger partial charge is 0.344 e. The van der Waals surface area contributed by atoms with Gasteiger partial charge in [0.05, 0.1) is 12.6 Å². The molecule has 3 rings (SSSR count). The lowest BCUT2D eigenvalue weighted by atomic mass is 10.00. The van der Waals surface area contributed by atoms with Crippen LogP contribution in [0.25, 0.3) is 0 Å². The van der Waals surface area contributed by atoms with Crippen molar-refractivity contribution in [1.82, 2.24) is 15.6 Å². The second-order valence-electron chi connectivity index (χ2n) is 5.35. The number of hydrogen-bond donors (Lipinski definition) is 2. The van der Waals surface area contributed by atoms with E-state index in [0.717, 1.165) is 11.1 Å². The maximum Gasteiger partial charge on any atom is 0.234 e. The molecule has 4 heteroatoms. The average Bonchev–Trinajstić information content (AvgIpc) is 3.37. The third-order valence-electron chi connectivity index (χ3n) is 3.61.